The van der Waals surface area contributed by atoms with E-state index >= 15 is 0 Å². The van der Waals surface area contributed by atoms with E-state index in [1.165, 1.54) is 6.08 Å². The fourth-order valence-corrected chi connectivity index (χ4v) is 8.42. The van der Waals surface area contributed by atoms with Crippen molar-refractivity contribution in [2.24, 2.45) is 10.7 Å². The number of esters is 1. The third-order valence-corrected chi connectivity index (χ3v) is 13.1. The van der Waals surface area contributed by atoms with Crippen LogP contribution in [0, 0.1) is 0 Å². The second kappa shape index (κ2) is 56.4. The standard InChI is InChI=1S/C27H37N3O9.C22H32N2O7.C17H28N2O2.4CH4/c1-2-3-7-14-28-26(33)24(15-20-10-12-22(13-11-20)39-23(18-37-35)19-38-36)29-27(34)30(17-25(31)32)16-21-8-5-4-6-9-21;1-4-7-8-13-23-21(26)19(24-16-25)14-17-9-11-18(12-10-17)31-20(15-30-29-6-3)22(27)28-5-2;1-4-5-6-11-19-17(20)16(18)12-14-7-9-15(10-8-14)21-13(2)3;;;;/h4-6,8-13,23-24,35-36H,2-3,7,14-19H2,1H3,(H,28,33)(H,29,34)(H,31,32);9-12,19-20H,4-8,13-15H2,1-3H3,(H,23,26);7-10,13,16H,4-6,11-12,18H2,1-3H3,(H,19,20);4*1H4/t;;16-;;;;/m..0..../s1. The highest BCUT2D eigenvalue weighted by atomic mass is 17.2. The van der Waals surface area contributed by atoms with E-state index in [4.69, 9.17) is 45.0 Å². The van der Waals surface area contributed by atoms with Gasteiger partial charge >= 0.3 is 18.0 Å². The summed E-state index contributed by atoms with van der Waals surface area (Å²) in [4.78, 5) is 107. The number of amides is 5. The third kappa shape index (κ3) is 41.4. The second-order valence-corrected chi connectivity index (χ2v) is 21.2. The third-order valence-electron chi connectivity index (χ3n) is 13.1. The van der Waals surface area contributed by atoms with Crippen LogP contribution in [0.5, 0.6) is 17.2 Å². The molecule has 4 aromatic rings. The minimum absolute atomic E-state index is 0. The molecule has 9 N–H and O–H groups in total. The number of unbranched alkanes of at least 4 members (excludes halogenated alkanes) is 6. The van der Waals surface area contributed by atoms with Gasteiger partial charge in [0.1, 0.15) is 55.7 Å². The van der Waals surface area contributed by atoms with Crippen molar-refractivity contribution in [3.63, 3.8) is 0 Å². The molecule has 0 fully saturated rings. The highest BCUT2D eigenvalue weighted by Crippen LogP contribution is 2.19. The van der Waals surface area contributed by atoms with Gasteiger partial charge in [0.05, 0.1) is 25.4 Å². The lowest BCUT2D eigenvalue weighted by atomic mass is 10.0. The summed E-state index contributed by atoms with van der Waals surface area (Å²) in [6.07, 6.45) is 9.77. The zero-order valence-corrected chi connectivity index (χ0v) is 53.8. The van der Waals surface area contributed by atoms with Gasteiger partial charge in [0, 0.05) is 39.0 Å². The molecule has 0 aliphatic heterocycles. The number of nitrogens with zero attached hydrogens (tertiary/aromatic N) is 2. The lowest BCUT2D eigenvalue weighted by Gasteiger charge is -2.25. The summed E-state index contributed by atoms with van der Waals surface area (Å²) in [6, 6.07) is 27.2. The predicted octanol–water partition coefficient (Wildman–Crippen LogP) is 10.6. The molecular formula is C70H113N7O18. The minimum Gasteiger partial charge on any atom is -0.491 e. The van der Waals surface area contributed by atoms with Crippen LogP contribution < -0.4 is 41.2 Å². The first-order chi connectivity index (χ1) is 43.9. The van der Waals surface area contributed by atoms with Gasteiger partial charge in [-0.3, -0.25) is 29.7 Å². The van der Waals surface area contributed by atoms with E-state index < -0.39 is 54.8 Å². The summed E-state index contributed by atoms with van der Waals surface area (Å²) in [5.41, 5.74) is 9.22. The molecule has 0 bridgehead atoms. The Bertz CT molecular complexity index is 2680. The van der Waals surface area contributed by atoms with Gasteiger partial charge in [0.15, 0.2) is 6.10 Å². The molecule has 0 aromatic heterocycles. The van der Waals surface area contributed by atoms with E-state index in [0.29, 0.717) is 49.7 Å². The van der Waals surface area contributed by atoms with Crippen molar-refractivity contribution in [3.8, 4) is 17.2 Å². The first-order valence-corrected chi connectivity index (χ1v) is 31.1. The molecular weight excluding hydrogens is 1230 g/mol. The average Bonchev–Trinajstić information content (AvgIpc) is 0.951. The molecule has 0 aliphatic rings. The SMILES string of the molecule is C.C.C.C.CCCCCNC(=O)C(Cc1ccc(OC(COO)COO)cc1)NC(=O)N(CC(=O)O)Cc1ccccc1.CCCCCNC(=O)C(Cc1ccc(OC(COOCC)C(=O)OCC)cc1)N=C=O.CCCCCNC(=O)[C@@H](N)Cc1ccc(OC(C)C)cc1. The number of aliphatic imine (C=N–C) groups is 1. The summed E-state index contributed by atoms with van der Waals surface area (Å²) >= 11 is 0. The highest BCUT2D eigenvalue weighted by molar-refractivity contribution is 5.88. The monoisotopic (exact) mass is 1340 g/mol. The molecule has 25 heteroatoms. The number of ether oxygens (including phenoxy) is 4. The highest BCUT2D eigenvalue weighted by Gasteiger charge is 2.27. The van der Waals surface area contributed by atoms with Crippen LogP contribution in [0.2, 0.25) is 0 Å². The van der Waals surface area contributed by atoms with E-state index in [2.05, 4.69) is 56.8 Å². The van der Waals surface area contributed by atoms with Crippen molar-refractivity contribution in [2.45, 2.75) is 198 Å². The zero-order chi connectivity index (χ0) is 67.0. The minimum atomic E-state index is -1.17. The van der Waals surface area contributed by atoms with Crippen molar-refractivity contribution < 1.29 is 87.7 Å². The van der Waals surface area contributed by atoms with Gasteiger partial charge in [-0.1, -0.05) is 156 Å². The summed E-state index contributed by atoms with van der Waals surface area (Å²) in [5.74, 6) is -0.843. The van der Waals surface area contributed by atoms with E-state index in [0.717, 1.165) is 85.1 Å². The Morgan fingerprint density at radius 1 is 0.558 bits per heavy atom. The Morgan fingerprint density at radius 2 is 1.03 bits per heavy atom. The quantitative estimate of drug-likeness (QED) is 0.00510. The molecule has 95 heavy (non-hydrogen) atoms. The molecule has 0 saturated carbocycles. The normalized spacial score (nSPS) is 11.5. The van der Waals surface area contributed by atoms with Crippen LogP contribution in [0.1, 0.15) is 158 Å². The lowest BCUT2D eigenvalue weighted by Crippen LogP contribution is -2.53. The van der Waals surface area contributed by atoms with Crippen LogP contribution in [0.15, 0.2) is 108 Å². The molecule has 3 unspecified atom stereocenters. The molecule has 0 heterocycles. The van der Waals surface area contributed by atoms with E-state index in [9.17, 15) is 38.7 Å². The van der Waals surface area contributed by atoms with Crippen LogP contribution >= 0.6 is 0 Å². The van der Waals surface area contributed by atoms with Crippen LogP contribution in [-0.4, -0.2) is 158 Å². The summed E-state index contributed by atoms with van der Waals surface area (Å²) < 4.78 is 21.8. The van der Waals surface area contributed by atoms with Gasteiger partial charge in [0.2, 0.25) is 29.9 Å². The lowest BCUT2D eigenvalue weighted by molar-refractivity contribution is -0.299. The number of carbonyl (C=O) groups excluding carboxylic acids is 6. The summed E-state index contributed by atoms with van der Waals surface area (Å²) in [7, 11) is 0. The van der Waals surface area contributed by atoms with Crippen molar-refractivity contribution in [2.75, 3.05) is 59.2 Å². The number of carbonyl (C=O) groups is 6. The number of isocyanates is 1. The Balaban J connectivity index is -0.00000136. The first kappa shape index (κ1) is 91.2. The molecule has 4 aromatic carbocycles. The maximum atomic E-state index is 13.1. The molecule has 0 saturated heterocycles. The van der Waals surface area contributed by atoms with E-state index in [1.807, 2.05) is 44.2 Å². The average molecular weight is 1340 g/mol. The molecule has 0 spiro atoms. The fourth-order valence-electron chi connectivity index (χ4n) is 8.42. The number of carboxylic acid groups (broad SMARTS) is 1. The van der Waals surface area contributed by atoms with Crippen LogP contribution in [0.4, 0.5) is 4.79 Å². The number of carboxylic acids is 1. The number of aliphatic carboxylic acids is 1. The van der Waals surface area contributed by atoms with Crippen LogP contribution in [-0.2, 0) is 78.9 Å². The molecule has 0 radical (unpaired) electrons. The predicted molar refractivity (Wildman–Crippen MR) is 368 cm³/mol. The Morgan fingerprint density at radius 3 is 1.49 bits per heavy atom. The molecule has 5 amide bonds. The van der Waals surface area contributed by atoms with Crippen LogP contribution in [0.3, 0.4) is 0 Å². The van der Waals surface area contributed by atoms with Crippen molar-refractivity contribution in [1.29, 1.82) is 0 Å². The Hall–Kier alpha value is -8.00. The number of nitrogens with one attached hydrogen (secondary N) is 4. The van der Waals surface area contributed by atoms with Gasteiger partial charge in [-0.25, -0.2) is 33.9 Å². The fraction of sp³-hybridized carbons (Fsp3) is 0.557. The van der Waals surface area contributed by atoms with E-state index in [-0.39, 0.29) is 99.3 Å². The van der Waals surface area contributed by atoms with Gasteiger partial charge < -0.3 is 56.0 Å². The van der Waals surface area contributed by atoms with Gasteiger partial charge in [-0.15, -0.1) is 0 Å². The Kier molecular flexibility index (Phi) is 54.1. The molecule has 536 valence electrons. The van der Waals surface area contributed by atoms with Gasteiger partial charge in [0.25, 0.3) is 0 Å². The topological polar surface area (TPSA) is 344 Å². The number of hydrogen-bond acceptors (Lipinski definition) is 19. The second-order valence-electron chi connectivity index (χ2n) is 21.2. The molecule has 4 atom stereocenters. The summed E-state index contributed by atoms with van der Waals surface area (Å²) in [6.45, 7) is 14.9. The smallest absolute Gasteiger partial charge is 0.349 e. The largest absolute Gasteiger partial charge is 0.491 e. The van der Waals surface area contributed by atoms with Crippen molar-refractivity contribution in [3.05, 3.63) is 125 Å². The number of nitrogens with two attached hydrogens (primary N) is 1. The molecule has 4 rings (SSSR count). The summed E-state index contributed by atoms with van der Waals surface area (Å²) in [5, 5.41) is 37.9. The molecule has 0 aliphatic carbocycles. The maximum Gasteiger partial charge on any atom is 0.349 e. The van der Waals surface area contributed by atoms with Crippen LogP contribution in [0.25, 0.3) is 0 Å². The number of hydrogen-bond donors (Lipinski definition) is 8. The van der Waals surface area contributed by atoms with E-state index in [1.54, 1.807) is 86.6 Å². The Labute approximate surface area is 564 Å². The first-order valence-electron chi connectivity index (χ1n) is 31.1. The van der Waals surface area contributed by atoms with Gasteiger partial charge in [-0.2, -0.15) is 4.99 Å². The maximum absolute atomic E-state index is 13.1. The number of rotatable bonds is 43. The van der Waals surface area contributed by atoms with Gasteiger partial charge in [-0.05, 0) is 112 Å². The van der Waals surface area contributed by atoms with Crippen molar-refractivity contribution in [1.82, 2.24) is 26.2 Å². The molecule has 25 nitrogen and oxygen atoms in total. The number of urea groups is 1. The van der Waals surface area contributed by atoms with Crippen molar-refractivity contribution >= 4 is 41.8 Å². The zero-order valence-electron chi connectivity index (χ0n) is 53.8. The number of benzene rings is 4.